The van der Waals surface area contributed by atoms with Crippen LogP contribution in [-0.4, -0.2) is 42.1 Å². The smallest absolute Gasteiger partial charge is 0.131 e. The van der Waals surface area contributed by atoms with Crippen LogP contribution in [0.2, 0.25) is 0 Å². The Bertz CT molecular complexity index is 449. The van der Waals surface area contributed by atoms with Crippen LogP contribution < -0.4 is 4.90 Å². The monoisotopic (exact) mass is 323 g/mol. The summed E-state index contributed by atoms with van der Waals surface area (Å²) in [6, 6.07) is 3.01. The zero-order chi connectivity index (χ0) is 13.2. The first-order chi connectivity index (χ1) is 9.28. The summed E-state index contributed by atoms with van der Waals surface area (Å²) in [5.74, 6) is 1.19. The normalized spacial score (nSPS) is 24.3. The molecule has 1 atom stereocenters. The molecule has 19 heavy (non-hydrogen) atoms. The van der Waals surface area contributed by atoms with E-state index in [2.05, 4.69) is 38.7 Å². The fourth-order valence-corrected chi connectivity index (χ4v) is 3.74. The molecular formula is C15H22BrN3. The van der Waals surface area contributed by atoms with Gasteiger partial charge in [0, 0.05) is 37.2 Å². The zero-order valence-electron chi connectivity index (χ0n) is 11.6. The number of hydrogen-bond acceptors (Lipinski definition) is 3. The van der Waals surface area contributed by atoms with E-state index >= 15 is 0 Å². The van der Waals surface area contributed by atoms with Crippen molar-refractivity contribution in [1.82, 2.24) is 9.88 Å². The standard InChI is InChI=1S/C15H22BrN3/c1-12-8-13(9-16)10-17-15(12)19-7-3-6-18-5-2-4-14(18)11-19/h8,10,14H,2-7,9,11H2,1H3. The maximum absolute atomic E-state index is 4.71. The Balaban J connectivity index is 1.80. The van der Waals surface area contributed by atoms with Gasteiger partial charge in [0.25, 0.3) is 0 Å². The van der Waals surface area contributed by atoms with Gasteiger partial charge in [-0.3, -0.25) is 4.90 Å². The van der Waals surface area contributed by atoms with Crippen LogP contribution in [0.25, 0.3) is 0 Å². The molecule has 0 radical (unpaired) electrons. The lowest BCUT2D eigenvalue weighted by Crippen LogP contribution is -2.37. The molecule has 1 aromatic heterocycles. The summed E-state index contributed by atoms with van der Waals surface area (Å²) in [6.07, 6.45) is 5.99. The third kappa shape index (κ3) is 2.79. The molecule has 0 aliphatic carbocycles. The van der Waals surface area contributed by atoms with Gasteiger partial charge in [0.1, 0.15) is 5.82 Å². The molecule has 0 saturated carbocycles. The van der Waals surface area contributed by atoms with Gasteiger partial charge in [-0.2, -0.15) is 0 Å². The number of aryl methyl sites for hydroxylation is 1. The van der Waals surface area contributed by atoms with Crippen molar-refractivity contribution in [1.29, 1.82) is 0 Å². The summed E-state index contributed by atoms with van der Waals surface area (Å²) in [4.78, 5) is 9.88. The number of fused-ring (bicyclic) bond motifs is 1. The van der Waals surface area contributed by atoms with Crippen LogP contribution in [-0.2, 0) is 5.33 Å². The number of hydrogen-bond donors (Lipinski definition) is 0. The van der Waals surface area contributed by atoms with Gasteiger partial charge in [-0.25, -0.2) is 4.98 Å². The van der Waals surface area contributed by atoms with E-state index in [0.29, 0.717) is 0 Å². The van der Waals surface area contributed by atoms with E-state index in [1.165, 1.54) is 49.3 Å². The van der Waals surface area contributed by atoms with Crippen LogP contribution in [0.15, 0.2) is 12.3 Å². The lowest BCUT2D eigenvalue weighted by molar-refractivity contribution is 0.273. The second-order valence-corrected chi connectivity index (χ2v) is 6.31. The van der Waals surface area contributed by atoms with E-state index in [0.717, 1.165) is 24.5 Å². The maximum atomic E-state index is 4.71. The van der Waals surface area contributed by atoms with E-state index in [-0.39, 0.29) is 0 Å². The summed E-state index contributed by atoms with van der Waals surface area (Å²) in [6.45, 7) is 7.05. The lowest BCUT2D eigenvalue weighted by Gasteiger charge is -2.27. The Labute approximate surface area is 124 Å². The molecule has 3 nitrogen and oxygen atoms in total. The minimum atomic E-state index is 0.750. The zero-order valence-corrected chi connectivity index (χ0v) is 13.2. The summed E-state index contributed by atoms with van der Waals surface area (Å²) in [5, 5.41) is 0.886. The Hall–Kier alpha value is -0.610. The van der Waals surface area contributed by atoms with Gasteiger partial charge in [0.15, 0.2) is 0 Å². The second kappa shape index (κ2) is 5.80. The van der Waals surface area contributed by atoms with Gasteiger partial charge < -0.3 is 4.90 Å². The molecule has 2 saturated heterocycles. The predicted molar refractivity (Wildman–Crippen MR) is 83.0 cm³/mol. The van der Waals surface area contributed by atoms with Crippen molar-refractivity contribution in [2.45, 2.75) is 37.6 Å². The highest BCUT2D eigenvalue weighted by Gasteiger charge is 2.29. The highest BCUT2D eigenvalue weighted by molar-refractivity contribution is 9.08. The number of anilines is 1. The predicted octanol–water partition coefficient (Wildman–Crippen LogP) is 2.96. The third-order valence-corrected chi connectivity index (χ3v) is 5.01. The molecule has 0 N–H and O–H groups in total. The number of halogens is 1. The molecule has 3 rings (SSSR count). The van der Waals surface area contributed by atoms with Crippen molar-refractivity contribution >= 4 is 21.7 Å². The first-order valence-corrected chi connectivity index (χ1v) is 8.40. The van der Waals surface area contributed by atoms with Gasteiger partial charge in [0.05, 0.1) is 0 Å². The van der Waals surface area contributed by atoms with Crippen LogP contribution in [0.5, 0.6) is 0 Å². The molecule has 0 spiro atoms. The summed E-state index contributed by atoms with van der Waals surface area (Å²) >= 11 is 3.50. The first-order valence-electron chi connectivity index (χ1n) is 7.28. The molecule has 0 bridgehead atoms. The first kappa shape index (κ1) is 13.4. The summed E-state index contributed by atoms with van der Waals surface area (Å²) in [5.41, 5.74) is 2.57. The van der Waals surface area contributed by atoms with Crippen LogP contribution >= 0.6 is 15.9 Å². The summed E-state index contributed by atoms with van der Waals surface area (Å²) in [7, 11) is 0. The molecule has 2 aliphatic rings. The molecule has 2 fully saturated rings. The quantitative estimate of drug-likeness (QED) is 0.780. The van der Waals surface area contributed by atoms with Crippen molar-refractivity contribution < 1.29 is 0 Å². The number of rotatable bonds is 2. The molecule has 0 amide bonds. The molecule has 1 aromatic rings. The van der Waals surface area contributed by atoms with Crippen LogP contribution in [0, 0.1) is 6.92 Å². The Morgan fingerprint density at radius 3 is 2.95 bits per heavy atom. The van der Waals surface area contributed by atoms with Crippen molar-refractivity contribution in [3.63, 3.8) is 0 Å². The molecule has 0 aromatic carbocycles. The molecule has 3 heterocycles. The molecule has 1 unspecified atom stereocenters. The second-order valence-electron chi connectivity index (χ2n) is 5.75. The molecule has 104 valence electrons. The van der Waals surface area contributed by atoms with E-state index in [1.54, 1.807) is 0 Å². The average Bonchev–Trinajstić information content (AvgIpc) is 2.76. The number of nitrogens with zero attached hydrogens (tertiary/aromatic N) is 3. The molecular weight excluding hydrogens is 302 g/mol. The third-order valence-electron chi connectivity index (χ3n) is 4.36. The number of aromatic nitrogens is 1. The molecule has 2 aliphatic heterocycles. The fraction of sp³-hybridized carbons (Fsp3) is 0.667. The minimum Gasteiger partial charge on any atom is -0.355 e. The number of alkyl halides is 1. The molecule has 4 heteroatoms. The van der Waals surface area contributed by atoms with Gasteiger partial charge in [-0.05, 0) is 43.9 Å². The largest absolute Gasteiger partial charge is 0.355 e. The van der Waals surface area contributed by atoms with Gasteiger partial charge in [-0.15, -0.1) is 0 Å². The van der Waals surface area contributed by atoms with Crippen LogP contribution in [0.1, 0.15) is 30.4 Å². The van der Waals surface area contributed by atoms with E-state index in [9.17, 15) is 0 Å². The van der Waals surface area contributed by atoms with E-state index < -0.39 is 0 Å². The lowest BCUT2D eigenvalue weighted by atomic mass is 10.2. The maximum Gasteiger partial charge on any atom is 0.131 e. The highest BCUT2D eigenvalue weighted by Crippen LogP contribution is 2.26. The van der Waals surface area contributed by atoms with E-state index in [1.807, 2.05) is 6.20 Å². The number of pyridine rings is 1. The Kier molecular flexibility index (Phi) is 4.08. The van der Waals surface area contributed by atoms with Gasteiger partial charge in [-0.1, -0.05) is 22.0 Å². The Morgan fingerprint density at radius 2 is 2.16 bits per heavy atom. The van der Waals surface area contributed by atoms with Crippen LogP contribution in [0.4, 0.5) is 5.82 Å². The van der Waals surface area contributed by atoms with Crippen molar-refractivity contribution in [2.75, 3.05) is 31.1 Å². The fourth-order valence-electron chi connectivity index (χ4n) is 3.43. The summed E-state index contributed by atoms with van der Waals surface area (Å²) < 4.78 is 0. The van der Waals surface area contributed by atoms with Gasteiger partial charge in [0.2, 0.25) is 0 Å². The van der Waals surface area contributed by atoms with Crippen LogP contribution in [0.3, 0.4) is 0 Å². The average molecular weight is 324 g/mol. The topological polar surface area (TPSA) is 19.4 Å². The van der Waals surface area contributed by atoms with Crippen molar-refractivity contribution in [3.05, 3.63) is 23.4 Å². The van der Waals surface area contributed by atoms with Crippen molar-refractivity contribution in [2.24, 2.45) is 0 Å². The Morgan fingerprint density at radius 1 is 1.32 bits per heavy atom. The minimum absolute atomic E-state index is 0.750. The SMILES string of the molecule is Cc1cc(CBr)cnc1N1CCCN2CCCC2C1. The van der Waals surface area contributed by atoms with Gasteiger partial charge >= 0.3 is 0 Å². The highest BCUT2D eigenvalue weighted by atomic mass is 79.9. The van der Waals surface area contributed by atoms with E-state index in [4.69, 9.17) is 4.98 Å². The van der Waals surface area contributed by atoms with Crippen molar-refractivity contribution in [3.8, 4) is 0 Å².